The second-order valence-electron chi connectivity index (χ2n) is 10.1. The average molecular weight is 567 g/mol. The highest BCUT2D eigenvalue weighted by Gasteiger charge is 2.18. The van der Waals surface area contributed by atoms with E-state index in [1.807, 2.05) is 61.8 Å². The Labute approximate surface area is 248 Å². The molecule has 0 aliphatic carbocycles. The fraction of sp³-hybridized carbons (Fsp3) is 0.0571. The number of fused-ring (bicyclic) bond motifs is 1. The summed E-state index contributed by atoms with van der Waals surface area (Å²) in [4.78, 5) is 15.0. The first-order chi connectivity index (χ1) is 20.4. The maximum absolute atomic E-state index is 4.70. The van der Waals surface area contributed by atoms with E-state index in [-0.39, 0.29) is 0 Å². The number of hydrogen-bond donors (Lipinski definition) is 3. The minimum absolute atomic E-state index is 0.799. The molecule has 0 amide bonds. The van der Waals surface area contributed by atoms with E-state index >= 15 is 0 Å². The van der Waals surface area contributed by atoms with E-state index in [2.05, 4.69) is 82.5 Å². The molecule has 0 spiro atoms. The highest BCUT2D eigenvalue weighted by Crippen LogP contribution is 2.37. The summed E-state index contributed by atoms with van der Waals surface area (Å²) in [6.45, 7) is 16.3. The predicted molar refractivity (Wildman–Crippen MR) is 177 cm³/mol. The van der Waals surface area contributed by atoms with Crippen LogP contribution < -0.4 is 5.32 Å². The van der Waals surface area contributed by atoms with Crippen LogP contribution in [0.25, 0.3) is 50.4 Å². The molecule has 0 bridgehead atoms. The fourth-order valence-corrected chi connectivity index (χ4v) is 5.89. The lowest BCUT2D eigenvalue weighted by Gasteiger charge is -2.10. The van der Waals surface area contributed by atoms with Gasteiger partial charge in [0.1, 0.15) is 5.69 Å². The number of thiophene rings is 1. The van der Waals surface area contributed by atoms with Crippen molar-refractivity contribution >= 4 is 44.8 Å². The van der Waals surface area contributed by atoms with Gasteiger partial charge in [0.05, 0.1) is 35.0 Å². The second kappa shape index (κ2) is 11.3. The van der Waals surface area contributed by atoms with Crippen LogP contribution in [0.4, 0.5) is 5.69 Å². The number of aryl methyl sites for hydroxylation is 1. The Morgan fingerprint density at radius 2 is 1.79 bits per heavy atom. The number of aromatic nitrogens is 5. The van der Waals surface area contributed by atoms with Crippen molar-refractivity contribution in [1.82, 2.24) is 25.1 Å². The van der Waals surface area contributed by atoms with Crippen molar-refractivity contribution in [2.45, 2.75) is 13.8 Å². The molecule has 3 N–H and O–H groups in total. The molecule has 7 heteroatoms. The number of nitrogens with one attached hydrogen (secondary N) is 3. The number of aromatic amines is 2. The zero-order valence-corrected chi connectivity index (χ0v) is 24.3. The van der Waals surface area contributed by atoms with Crippen LogP contribution in [0.3, 0.4) is 0 Å². The van der Waals surface area contributed by atoms with Crippen LogP contribution in [0, 0.1) is 6.92 Å². The Bertz CT molecular complexity index is 1990. The largest absolute Gasteiger partial charge is 0.357 e. The third-order valence-electron chi connectivity index (χ3n) is 7.04. The zero-order valence-electron chi connectivity index (χ0n) is 23.5. The highest BCUT2D eigenvalue weighted by atomic mass is 32.1. The number of anilines is 1. The molecule has 6 aromatic rings. The number of benzene rings is 1. The quantitative estimate of drug-likeness (QED) is 0.152. The molecule has 0 aliphatic heterocycles. The van der Waals surface area contributed by atoms with Gasteiger partial charge in [0.2, 0.25) is 0 Å². The van der Waals surface area contributed by atoms with Gasteiger partial charge in [-0.25, -0.2) is 0 Å². The molecule has 206 valence electrons. The van der Waals surface area contributed by atoms with Crippen molar-refractivity contribution in [3.8, 4) is 22.6 Å². The van der Waals surface area contributed by atoms with Gasteiger partial charge >= 0.3 is 0 Å². The van der Waals surface area contributed by atoms with Crippen LogP contribution in [-0.2, 0) is 0 Å². The third kappa shape index (κ3) is 5.25. The standard InChI is InChI=1S/C35H30N6S/c1-6-10-27(34-14-13-33(42-34)21(2)3)28-16-31(39-23(28)5)35-29-17-30(37-20-32(29)40-41-35)25-15-26(19-36-18-25)38-22(4)24-11-8-7-9-12-24/h6-20,38-39H,1-2,4H2,3,5H3,(H,40,41)/b27-10+. The van der Waals surface area contributed by atoms with Crippen LogP contribution in [0.15, 0.2) is 111 Å². The molecule has 6 rings (SSSR count). The molecule has 0 atom stereocenters. The van der Waals surface area contributed by atoms with Gasteiger partial charge in [-0.05, 0) is 55.3 Å². The molecule has 5 aromatic heterocycles. The topological polar surface area (TPSA) is 82.3 Å². The maximum Gasteiger partial charge on any atom is 0.116 e. The first kappa shape index (κ1) is 26.9. The number of allylic oxidation sites excluding steroid dienone is 3. The molecule has 0 saturated heterocycles. The Morgan fingerprint density at radius 1 is 0.976 bits per heavy atom. The van der Waals surface area contributed by atoms with E-state index in [0.29, 0.717) is 0 Å². The van der Waals surface area contributed by atoms with Gasteiger partial charge in [0, 0.05) is 49.4 Å². The third-order valence-corrected chi connectivity index (χ3v) is 8.32. The van der Waals surface area contributed by atoms with Crippen LogP contribution in [0.2, 0.25) is 0 Å². The Hall–Kier alpha value is -5.27. The lowest BCUT2D eigenvalue weighted by molar-refractivity contribution is 1.11. The second-order valence-corrected chi connectivity index (χ2v) is 11.2. The summed E-state index contributed by atoms with van der Waals surface area (Å²) in [5.74, 6) is 0. The van der Waals surface area contributed by atoms with Crippen molar-refractivity contribution in [3.63, 3.8) is 0 Å². The minimum atomic E-state index is 0.799. The van der Waals surface area contributed by atoms with Crippen LogP contribution in [0.1, 0.15) is 33.5 Å². The summed E-state index contributed by atoms with van der Waals surface area (Å²) in [5, 5.41) is 12.1. The molecule has 0 radical (unpaired) electrons. The van der Waals surface area contributed by atoms with E-state index in [1.165, 1.54) is 4.88 Å². The molecule has 1 aromatic carbocycles. The van der Waals surface area contributed by atoms with Gasteiger partial charge in [0.25, 0.3) is 0 Å². The number of pyridine rings is 2. The number of hydrogen-bond acceptors (Lipinski definition) is 5. The fourth-order valence-electron chi connectivity index (χ4n) is 4.91. The van der Waals surface area contributed by atoms with Gasteiger partial charge in [-0.2, -0.15) is 5.10 Å². The number of rotatable bonds is 9. The lowest BCUT2D eigenvalue weighted by atomic mass is 10.0. The molecule has 0 unspecified atom stereocenters. The number of nitrogens with zero attached hydrogens (tertiary/aromatic N) is 3. The lowest BCUT2D eigenvalue weighted by Crippen LogP contribution is -1.98. The maximum atomic E-state index is 4.70. The van der Waals surface area contributed by atoms with E-state index < -0.39 is 0 Å². The van der Waals surface area contributed by atoms with Crippen molar-refractivity contribution in [2.24, 2.45) is 0 Å². The van der Waals surface area contributed by atoms with Crippen molar-refractivity contribution in [2.75, 3.05) is 5.32 Å². The number of H-pyrrole nitrogens is 2. The van der Waals surface area contributed by atoms with Gasteiger partial charge < -0.3 is 10.3 Å². The van der Waals surface area contributed by atoms with E-state index in [9.17, 15) is 0 Å². The summed E-state index contributed by atoms with van der Waals surface area (Å²) in [6, 6.07) is 20.5. The van der Waals surface area contributed by atoms with Gasteiger partial charge in [-0.3, -0.25) is 15.1 Å². The summed E-state index contributed by atoms with van der Waals surface area (Å²) < 4.78 is 0. The van der Waals surface area contributed by atoms with Crippen LogP contribution in [-0.4, -0.2) is 25.1 Å². The molecular formula is C35H30N6S. The summed E-state index contributed by atoms with van der Waals surface area (Å²) in [5.41, 5.74) is 11.3. The van der Waals surface area contributed by atoms with E-state index in [1.54, 1.807) is 17.5 Å². The van der Waals surface area contributed by atoms with Gasteiger partial charge in [0.15, 0.2) is 0 Å². The first-order valence-corrected chi connectivity index (χ1v) is 14.3. The summed E-state index contributed by atoms with van der Waals surface area (Å²) in [6.07, 6.45) is 9.29. The predicted octanol–water partition coefficient (Wildman–Crippen LogP) is 9.12. The van der Waals surface area contributed by atoms with Crippen LogP contribution >= 0.6 is 11.3 Å². The molecular weight excluding hydrogens is 536 g/mol. The molecule has 6 nitrogen and oxygen atoms in total. The molecule has 0 saturated carbocycles. The van der Waals surface area contributed by atoms with Gasteiger partial charge in [-0.1, -0.05) is 62.2 Å². The molecule has 0 aliphatic rings. The Balaban J connectivity index is 1.34. The normalized spacial score (nSPS) is 11.5. The SMILES string of the molecule is C=C/C=C(/c1ccc(C(=C)C)s1)c1cc(-c2n[nH]c3cnc(-c4cncc(NC(=C)c5ccccc5)c4)cc23)[nH]c1C. The smallest absolute Gasteiger partial charge is 0.116 e. The monoisotopic (exact) mass is 566 g/mol. The van der Waals surface area contributed by atoms with E-state index in [4.69, 9.17) is 4.98 Å². The molecule has 0 fully saturated rings. The molecule has 5 heterocycles. The van der Waals surface area contributed by atoms with Crippen molar-refractivity contribution < 1.29 is 0 Å². The first-order valence-electron chi connectivity index (χ1n) is 13.5. The Kier molecular flexibility index (Phi) is 7.25. The van der Waals surface area contributed by atoms with Crippen molar-refractivity contribution in [3.05, 3.63) is 138 Å². The average Bonchev–Trinajstić information content (AvgIpc) is 3.75. The van der Waals surface area contributed by atoms with Crippen molar-refractivity contribution in [1.29, 1.82) is 0 Å². The zero-order chi connectivity index (χ0) is 29.2. The Morgan fingerprint density at radius 3 is 2.55 bits per heavy atom. The van der Waals surface area contributed by atoms with Gasteiger partial charge in [-0.15, -0.1) is 11.3 Å². The van der Waals surface area contributed by atoms with E-state index in [0.717, 1.165) is 77.8 Å². The minimum Gasteiger partial charge on any atom is -0.357 e. The summed E-state index contributed by atoms with van der Waals surface area (Å²) in [7, 11) is 0. The molecule has 42 heavy (non-hydrogen) atoms. The highest BCUT2D eigenvalue weighted by molar-refractivity contribution is 7.14. The summed E-state index contributed by atoms with van der Waals surface area (Å²) >= 11 is 1.73. The van der Waals surface area contributed by atoms with Crippen LogP contribution in [0.5, 0.6) is 0 Å².